The van der Waals surface area contributed by atoms with E-state index in [4.69, 9.17) is 23.7 Å². The third-order valence-corrected chi connectivity index (χ3v) is 13.4. The van der Waals surface area contributed by atoms with Crippen LogP contribution in [0.4, 0.5) is 0 Å². The summed E-state index contributed by atoms with van der Waals surface area (Å²) in [6.45, 7) is 3.69. The lowest BCUT2D eigenvalue weighted by Crippen LogP contribution is -2.77. The van der Waals surface area contributed by atoms with Gasteiger partial charge in [-0.3, -0.25) is 0 Å². The number of aliphatic hydroxyl groups is 10. The average Bonchev–Trinajstić information content (AvgIpc) is 3.30. The van der Waals surface area contributed by atoms with Crippen molar-refractivity contribution in [3.8, 4) is 0 Å². The molecule has 15 nitrogen and oxygen atoms in total. The van der Waals surface area contributed by atoms with Crippen LogP contribution in [0.2, 0.25) is 0 Å². The van der Waals surface area contributed by atoms with Crippen molar-refractivity contribution in [2.45, 2.75) is 286 Å². The lowest BCUT2D eigenvalue weighted by molar-refractivity contribution is -0.483. The summed E-state index contributed by atoms with van der Waals surface area (Å²) in [7, 11) is 0. The minimum atomic E-state index is -3.04. The molecule has 2 aliphatic rings. The first-order valence-corrected chi connectivity index (χ1v) is 26.6. The predicted octanol–water partition coefficient (Wildman–Crippen LogP) is 7.22. The number of rotatable bonds is 41. The van der Waals surface area contributed by atoms with Crippen LogP contribution in [0.25, 0.3) is 0 Å². The molecule has 0 bridgehead atoms. The third-order valence-electron chi connectivity index (χ3n) is 13.4. The molecule has 2 unspecified atom stereocenters. The van der Waals surface area contributed by atoms with Crippen molar-refractivity contribution in [3.05, 3.63) is 24.7 Å². The average molecular weight is 963 g/mol. The fraction of sp³-hybridized carbons (Fsp3) is 0.923. The summed E-state index contributed by atoms with van der Waals surface area (Å²) in [4.78, 5) is 0. The van der Waals surface area contributed by atoms with Gasteiger partial charge in [-0.05, 0) is 44.8 Å². The van der Waals surface area contributed by atoms with Crippen molar-refractivity contribution in [1.82, 2.24) is 0 Å². The van der Waals surface area contributed by atoms with Crippen LogP contribution in [-0.2, 0) is 23.7 Å². The van der Waals surface area contributed by atoms with Crippen molar-refractivity contribution in [3.63, 3.8) is 0 Å². The molecule has 15 heteroatoms. The monoisotopic (exact) mass is 963 g/mol. The number of allylic oxidation sites excluding steroid dienone is 2. The summed E-state index contributed by atoms with van der Waals surface area (Å²) in [6, 6.07) is 0. The summed E-state index contributed by atoms with van der Waals surface area (Å²) in [5.41, 5.74) is 0. The van der Waals surface area contributed by atoms with Gasteiger partial charge in [-0.25, -0.2) is 0 Å². The Hall–Kier alpha value is -1.44. The molecule has 2 saturated heterocycles. The van der Waals surface area contributed by atoms with Gasteiger partial charge in [-0.1, -0.05) is 168 Å². The van der Waals surface area contributed by atoms with Gasteiger partial charge in [0.25, 0.3) is 5.79 Å². The van der Waals surface area contributed by atoms with Crippen LogP contribution in [0.1, 0.15) is 213 Å². The van der Waals surface area contributed by atoms with Crippen molar-refractivity contribution in [2.24, 2.45) is 0 Å². The van der Waals surface area contributed by atoms with Crippen LogP contribution in [0.3, 0.4) is 0 Å². The molecule has 10 N–H and O–H groups in total. The summed E-state index contributed by atoms with van der Waals surface area (Å²) in [5.74, 6) is -8.46. The fourth-order valence-electron chi connectivity index (χ4n) is 9.31. The summed E-state index contributed by atoms with van der Waals surface area (Å²) >= 11 is 0. The van der Waals surface area contributed by atoms with E-state index in [9.17, 15) is 51.1 Å². The summed E-state index contributed by atoms with van der Waals surface area (Å²) in [6.07, 6.45) is 21.5. The zero-order valence-electron chi connectivity index (χ0n) is 41.9. The smallest absolute Gasteiger partial charge is 0.291 e. The molecule has 2 rings (SSSR count). The first kappa shape index (κ1) is 61.7. The van der Waals surface area contributed by atoms with Crippen LogP contribution in [0, 0.1) is 0 Å². The van der Waals surface area contributed by atoms with E-state index < -0.39 is 98.4 Å². The van der Waals surface area contributed by atoms with Gasteiger partial charge in [0.05, 0.1) is 37.9 Å². The number of unbranched alkanes of at least 4 members (excludes halogenated alkanes) is 26. The van der Waals surface area contributed by atoms with Gasteiger partial charge in [-0.15, -0.1) is 0 Å². The largest absolute Gasteiger partial charge is 0.499 e. The van der Waals surface area contributed by atoms with E-state index in [-0.39, 0.29) is 6.61 Å². The molecule has 396 valence electrons. The Balaban J connectivity index is 2.00. The predicted molar refractivity (Wildman–Crippen MR) is 258 cm³/mol. The molecule has 0 saturated carbocycles. The molecule has 2 fully saturated rings. The van der Waals surface area contributed by atoms with E-state index >= 15 is 0 Å². The van der Waals surface area contributed by atoms with Gasteiger partial charge < -0.3 is 74.7 Å². The molecule has 0 radical (unpaired) electrons. The van der Waals surface area contributed by atoms with E-state index in [1.807, 2.05) is 6.08 Å². The third kappa shape index (κ3) is 22.3. The number of hydrogen-bond donors (Lipinski definition) is 10. The highest BCUT2D eigenvalue weighted by Crippen LogP contribution is 2.46. The number of aliphatic hydroxyl groups excluding tert-OH is 8. The first-order valence-electron chi connectivity index (χ1n) is 26.6. The second-order valence-electron chi connectivity index (χ2n) is 19.6. The summed E-state index contributed by atoms with van der Waals surface area (Å²) < 4.78 is 28.9. The molecule has 0 aromatic carbocycles. The molecule has 67 heavy (non-hydrogen) atoms. The molecule has 2 aliphatic heterocycles. The standard InChI is InChI=1S/C52H98O15/c1-4-6-8-10-12-14-16-18-20-21-23-25-27-29-31-33-35-64-52(62)48(59)46(58)44(39-54)66-51(52,36-41(3)55)67-47-45(57)43(38-53)65-50(61,49(47)60)37-42(56)40-63-34-32-30-28-26-24-22-19-17-15-13-11-9-7-5-2/h32-35,41-49,53-62H,4-31,36-40H2,1-3H3/t41?,42?,43-,44-,45+,46+,47+,48+,49-,50-,51+,52+/m1/s1. The van der Waals surface area contributed by atoms with Crippen molar-refractivity contribution in [1.29, 1.82) is 0 Å². The Bertz CT molecular complexity index is 1260. The molecule has 12 atom stereocenters. The zero-order valence-corrected chi connectivity index (χ0v) is 41.9. The van der Waals surface area contributed by atoms with E-state index in [2.05, 4.69) is 13.8 Å². The lowest BCUT2D eigenvalue weighted by Gasteiger charge is -2.57. The van der Waals surface area contributed by atoms with E-state index in [1.165, 1.54) is 142 Å². The molecule has 0 spiro atoms. The zero-order chi connectivity index (χ0) is 49.4. The van der Waals surface area contributed by atoms with Crippen LogP contribution in [0.5, 0.6) is 0 Å². The van der Waals surface area contributed by atoms with Crippen molar-refractivity contribution in [2.75, 3.05) is 19.8 Å². The van der Waals surface area contributed by atoms with Crippen LogP contribution < -0.4 is 0 Å². The minimum Gasteiger partial charge on any atom is -0.499 e. The Kier molecular flexibility index (Phi) is 32.8. The maximum absolute atomic E-state index is 12.2. The summed E-state index contributed by atoms with van der Waals surface area (Å²) in [5, 5.41) is 111. The second-order valence-corrected chi connectivity index (χ2v) is 19.6. The highest BCUT2D eigenvalue weighted by molar-refractivity contribution is 5.08. The van der Waals surface area contributed by atoms with Crippen molar-refractivity contribution < 1.29 is 74.7 Å². The fourth-order valence-corrected chi connectivity index (χ4v) is 9.31. The van der Waals surface area contributed by atoms with Crippen molar-refractivity contribution >= 4 is 0 Å². The normalized spacial score (nSPS) is 30.1. The van der Waals surface area contributed by atoms with Gasteiger partial charge >= 0.3 is 0 Å². The lowest BCUT2D eigenvalue weighted by atomic mass is 9.84. The Morgan fingerprint density at radius 2 is 0.955 bits per heavy atom. The van der Waals surface area contributed by atoms with E-state index in [0.29, 0.717) is 6.42 Å². The number of hydrogen-bond acceptors (Lipinski definition) is 15. The van der Waals surface area contributed by atoms with Crippen LogP contribution in [0.15, 0.2) is 24.7 Å². The second kappa shape index (κ2) is 35.6. The van der Waals surface area contributed by atoms with E-state index in [0.717, 1.165) is 51.2 Å². The first-order chi connectivity index (χ1) is 32.3. The highest BCUT2D eigenvalue weighted by atomic mass is 16.8. The maximum Gasteiger partial charge on any atom is 0.291 e. The van der Waals surface area contributed by atoms with Crippen LogP contribution >= 0.6 is 0 Å². The molecule has 2 heterocycles. The quantitative estimate of drug-likeness (QED) is 0.0165. The Morgan fingerprint density at radius 3 is 1.39 bits per heavy atom. The topological polar surface area (TPSA) is 248 Å². The van der Waals surface area contributed by atoms with Gasteiger partial charge in [0.1, 0.15) is 43.2 Å². The van der Waals surface area contributed by atoms with Crippen LogP contribution in [-0.4, -0.2) is 143 Å². The number of ether oxygens (including phenoxy) is 5. The Labute approximate surface area is 403 Å². The highest BCUT2D eigenvalue weighted by Gasteiger charge is 2.69. The molecular formula is C52H98O15. The maximum atomic E-state index is 12.2. The molecule has 0 aromatic heterocycles. The Morgan fingerprint density at radius 1 is 0.537 bits per heavy atom. The van der Waals surface area contributed by atoms with E-state index in [1.54, 1.807) is 6.08 Å². The minimum absolute atomic E-state index is 0.304. The van der Waals surface area contributed by atoms with Gasteiger partial charge in [-0.2, -0.15) is 0 Å². The van der Waals surface area contributed by atoms with Gasteiger partial charge in [0.2, 0.25) is 5.79 Å². The molecule has 0 aromatic rings. The molecule has 0 amide bonds. The molecule has 0 aliphatic carbocycles. The SMILES string of the molecule is CCCCCCCCCCCCCCC=COCC(O)C[C@@]1(O)O[C@H](CO)[C@H](O)[C@H](O[C@]2(CC(C)O)O[C@H](CO)[C@H](O)[C@H](O)[C@]2(O)OC=CCCCCCCCCCCCCCCCC)[C@H]1O. The van der Waals surface area contributed by atoms with Gasteiger partial charge in [0.15, 0.2) is 11.9 Å². The molecular weight excluding hydrogens is 865 g/mol. The van der Waals surface area contributed by atoms with Gasteiger partial charge in [0, 0.05) is 12.8 Å².